The molecule has 0 aromatic rings. The Bertz CT molecular complexity index is 267. The number of carboxylic acid groups (broad SMARTS) is 1. The van der Waals surface area contributed by atoms with Gasteiger partial charge in [0.15, 0.2) is 0 Å². The molecule has 106 valence electrons. The van der Waals surface area contributed by atoms with Crippen LogP contribution in [-0.2, 0) is 4.79 Å². The van der Waals surface area contributed by atoms with Crippen LogP contribution in [0.25, 0.3) is 0 Å². The fourth-order valence-corrected chi connectivity index (χ4v) is 2.11. The van der Waals surface area contributed by atoms with Crippen molar-refractivity contribution in [3.05, 3.63) is 0 Å². The van der Waals surface area contributed by atoms with E-state index in [1.165, 1.54) is 12.8 Å². The quantitative estimate of drug-likeness (QED) is 0.628. The molecule has 0 saturated heterocycles. The lowest BCUT2D eigenvalue weighted by atomic mass is 9.97. The van der Waals surface area contributed by atoms with E-state index in [1.807, 2.05) is 6.92 Å². The number of rotatable bonds is 10. The second-order valence-electron chi connectivity index (χ2n) is 5.59. The van der Waals surface area contributed by atoms with E-state index in [0.29, 0.717) is 12.5 Å². The van der Waals surface area contributed by atoms with Gasteiger partial charge in [0.1, 0.15) is 5.54 Å². The van der Waals surface area contributed by atoms with Crippen molar-refractivity contribution in [2.75, 3.05) is 19.6 Å². The lowest BCUT2D eigenvalue weighted by Gasteiger charge is -2.30. The number of unbranched alkanes of at least 4 members (excludes halogenated alkanes) is 1. The monoisotopic (exact) mass is 256 g/mol. The number of carboxylic acids is 1. The van der Waals surface area contributed by atoms with Crippen LogP contribution in [0.5, 0.6) is 0 Å². The molecule has 0 heterocycles. The Morgan fingerprint density at radius 1 is 1.39 bits per heavy atom. The van der Waals surface area contributed by atoms with Crippen molar-refractivity contribution in [3.63, 3.8) is 0 Å². The van der Waals surface area contributed by atoms with Crippen molar-refractivity contribution in [2.45, 2.75) is 64.5 Å². The summed E-state index contributed by atoms with van der Waals surface area (Å²) in [5, 5.41) is 12.7. The molecule has 0 aliphatic heterocycles. The van der Waals surface area contributed by atoms with E-state index >= 15 is 0 Å². The van der Waals surface area contributed by atoms with Gasteiger partial charge in [0.25, 0.3) is 0 Å². The van der Waals surface area contributed by atoms with Gasteiger partial charge in [0.2, 0.25) is 0 Å². The van der Waals surface area contributed by atoms with Crippen molar-refractivity contribution >= 4 is 5.97 Å². The summed E-state index contributed by atoms with van der Waals surface area (Å²) in [5.41, 5.74) is -0.763. The van der Waals surface area contributed by atoms with Gasteiger partial charge >= 0.3 is 5.97 Å². The standard InChI is InChI=1S/C14H28N2O2/c1-4-6-10-16(5-2)11-9-14(3,13(17)18)15-12-7-8-12/h12,15H,4-11H2,1-3H3,(H,17,18). The maximum Gasteiger partial charge on any atom is 0.323 e. The van der Waals surface area contributed by atoms with E-state index in [9.17, 15) is 9.90 Å². The molecule has 0 amide bonds. The Morgan fingerprint density at radius 3 is 2.50 bits per heavy atom. The maximum atomic E-state index is 11.4. The molecule has 4 nitrogen and oxygen atoms in total. The highest BCUT2D eigenvalue weighted by Gasteiger charge is 2.38. The molecule has 1 rings (SSSR count). The van der Waals surface area contributed by atoms with Gasteiger partial charge in [-0.3, -0.25) is 10.1 Å². The molecule has 1 fully saturated rings. The fraction of sp³-hybridized carbons (Fsp3) is 0.929. The predicted molar refractivity (Wildman–Crippen MR) is 73.8 cm³/mol. The first-order chi connectivity index (χ1) is 8.51. The van der Waals surface area contributed by atoms with Crippen LogP contribution >= 0.6 is 0 Å². The Morgan fingerprint density at radius 2 is 2.06 bits per heavy atom. The van der Waals surface area contributed by atoms with Gasteiger partial charge in [0.05, 0.1) is 0 Å². The molecule has 4 heteroatoms. The summed E-state index contributed by atoms with van der Waals surface area (Å²) in [6, 6.07) is 0.428. The number of aliphatic carboxylic acids is 1. The number of nitrogens with zero attached hydrogens (tertiary/aromatic N) is 1. The second-order valence-corrected chi connectivity index (χ2v) is 5.59. The van der Waals surface area contributed by atoms with Crippen LogP contribution in [-0.4, -0.2) is 47.2 Å². The molecule has 2 N–H and O–H groups in total. The summed E-state index contributed by atoms with van der Waals surface area (Å²) in [5.74, 6) is -0.721. The Hall–Kier alpha value is -0.610. The molecular weight excluding hydrogens is 228 g/mol. The zero-order chi connectivity index (χ0) is 13.6. The van der Waals surface area contributed by atoms with Gasteiger partial charge in [-0.1, -0.05) is 20.3 Å². The number of nitrogens with one attached hydrogen (secondary N) is 1. The summed E-state index contributed by atoms with van der Waals surface area (Å²) >= 11 is 0. The van der Waals surface area contributed by atoms with E-state index in [4.69, 9.17) is 0 Å². The van der Waals surface area contributed by atoms with Crippen LogP contribution in [0.1, 0.15) is 52.9 Å². The van der Waals surface area contributed by atoms with Gasteiger partial charge in [-0.25, -0.2) is 0 Å². The van der Waals surface area contributed by atoms with E-state index in [0.717, 1.165) is 32.5 Å². The SMILES string of the molecule is CCCCN(CC)CCC(C)(NC1CC1)C(=O)O. The Labute approximate surface area is 111 Å². The van der Waals surface area contributed by atoms with Crippen molar-refractivity contribution < 1.29 is 9.90 Å². The van der Waals surface area contributed by atoms with E-state index < -0.39 is 11.5 Å². The number of hydrogen-bond acceptors (Lipinski definition) is 3. The van der Waals surface area contributed by atoms with E-state index in [-0.39, 0.29) is 0 Å². The zero-order valence-electron chi connectivity index (χ0n) is 12.0. The molecule has 0 aromatic heterocycles. The minimum Gasteiger partial charge on any atom is -0.480 e. The third-order valence-corrected chi connectivity index (χ3v) is 3.78. The van der Waals surface area contributed by atoms with Crippen LogP contribution in [0.4, 0.5) is 0 Å². The average Bonchev–Trinajstić information content (AvgIpc) is 3.13. The first-order valence-electron chi connectivity index (χ1n) is 7.25. The van der Waals surface area contributed by atoms with Crippen LogP contribution in [0.2, 0.25) is 0 Å². The normalized spacial score (nSPS) is 18.9. The summed E-state index contributed by atoms with van der Waals surface area (Å²) in [6.45, 7) is 9.08. The summed E-state index contributed by atoms with van der Waals surface area (Å²) < 4.78 is 0. The lowest BCUT2D eigenvalue weighted by Crippen LogP contribution is -2.52. The van der Waals surface area contributed by atoms with Crippen LogP contribution in [0.15, 0.2) is 0 Å². The van der Waals surface area contributed by atoms with Crippen molar-refractivity contribution in [1.29, 1.82) is 0 Å². The van der Waals surface area contributed by atoms with Gasteiger partial charge in [-0.2, -0.15) is 0 Å². The topological polar surface area (TPSA) is 52.6 Å². The molecule has 0 spiro atoms. The molecular formula is C14H28N2O2. The first-order valence-corrected chi connectivity index (χ1v) is 7.25. The van der Waals surface area contributed by atoms with Gasteiger partial charge in [-0.15, -0.1) is 0 Å². The summed E-state index contributed by atoms with van der Waals surface area (Å²) in [6.07, 6.45) is 5.30. The van der Waals surface area contributed by atoms with Crippen molar-refractivity contribution in [2.24, 2.45) is 0 Å². The zero-order valence-corrected chi connectivity index (χ0v) is 12.0. The van der Waals surface area contributed by atoms with Gasteiger partial charge in [0, 0.05) is 12.6 Å². The Balaban J connectivity index is 2.41. The molecule has 1 unspecified atom stereocenters. The third kappa shape index (κ3) is 4.94. The highest BCUT2D eigenvalue weighted by atomic mass is 16.4. The van der Waals surface area contributed by atoms with Gasteiger partial charge < -0.3 is 10.0 Å². The smallest absolute Gasteiger partial charge is 0.323 e. The predicted octanol–water partition coefficient (Wildman–Crippen LogP) is 2.09. The van der Waals surface area contributed by atoms with Crippen LogP contribution < -0.4 is 5.32 Å². The highest BCUT2D eigenvalue weighted by molar-refractivity contribution is 5.78. The third-order valence-electron chi connectivity index (χ3n) is 3.78. The summed E-state index contributed by atoms with van der Waals surface area (Å²) in [4.78, 5) is 13.8. The maximum absolute atomic E-state index is 11.4. The second kappa shape index (κ2) is 7.10. The average molecular weight is 256 g/mol. The Kier molecular flexibility index (Phi) is 6.09. The lowest BCUT2D eigenvalue weighted by molar-refractivity contribution is -0.144. The molecule has 1 saturated carbocycles. The minimum atomic E-state index is -0.763. The molecule has 1 atom stereocenters. The molecule has 0 radical (unpaired) electrons. The molecule has 1 aliphatic rings. The highest BCUT2D eigenvalue weighted by Crippen LogP contribution is 2.24. The largest absolute Gasteiger partial charge is 0.480 e. The number of hydrogen-bond donors (Lipinski definition) is 2. The van der Waals surface area contributed by atoms with E-state index in [2.05, 4.69) is 24.1 Å². The van der Waals surface area contributed by atoms with Crippen LogP contribution in [0, 0.1) is 0 Å². The van der Waals surface area contributed by atoms with Crippen molar-refractivity contribution in [3.8, 4) is 0 Å². The summed E-state index contributed by atoms with van der Waals surface area (Å²) in [7, 11) is 0. The molecule has 0 aromatic carbocycles. The molecule has 0 bridgehead atoms. The minimum absolute atomic E-state index is 0.428. The molecule has 18 heavy (non-hydrogen) atoms. The number of carbonyl (C=O) groups is 1. The fourth-order valence-electron chi connectivity index (χ4n) is 2.11. The van der Waals surface area contributed by atoms with Crippen molar-refractivity contribution in [1.82, 2.24) is 10.2 Å². The van der Waals surface area contributed by atoms with Gasteiger partial charge in [-0.05, 0) is 45.7 Å². The first kappa shape index (κ1) is 15.4. The van der Waals surface area contributed by atoms with E-state index in [1.54, 1.807) is 0 Å². The van der Waals surface area contributed by atoms with Crippen LogP contribution in [0.3, 0.4) is 0 Å². The molecule has 1 aliphatic carbocycles.